The van der Waals surface area contributed by atoms with Crippen molar-refractivity contribution in [3.05, 3.63) is 47.3 Å². The standard InChI is InChI=1S/C19H25N3O3/c1-6-12(2)17(19(24)25-5)20-18(23)15-7-9-16(10-8-15)22-14(4)11-13(3)21-22/h7-12,17H,6H2,1-5H3,(H,20,23). The number of aromatic nitrogens is 2. The van der Waals surface area contributed by atoms with E-state index in [2.05, 4.69) is 10.4 Å². The molecule has 0 fully saturated rings. The summed E-state index contributed by atoms with van der Waals surface area (Å²) in [6.45, 7) is 7.80. The summed E-state index contributed by atoms with van der Waals surface area (Å²) in [7, 11) is 1.33. The van der Waals surface area contributed by atoms with Crippen LogP contribution in [0.2, 0.25) is 0 Å². The highest BCUT2D eigenvalue weighted by molar-refractivity contribution is 5.97. The number of amides is 1. The molecular weight excluding hydrogens is 318 g/mol. The number of methoxy groups -OCH3 is 1. The maximum absolute atomic E-state index is 12.5. The fourth-order valence-corrected chi connectivity index (χ4v) is 2.67. The summed E-state index contributed by atoms with van der Waals surface area (Å²) in [5.41, 5.74) is 3.34. The number of carbonyl (C=O) groups excluding carboxylic acids is 2. The first kappa shape index (κ1) is 18.7. The molecule has 2 rings (SSSR count). The second kappa shape index (κ2) is 7.96. The quantitative estimate of drug-likeness (QED) is 0.819. The van der Waals surface area contributed by atoms with Crippen LogP contribution in [0.4, 0.5) is 0 Å². The normalized spacial score (nSPS) is 13.2. The molecule has 0 bridgehead atoms. The summed E-state index contributed by atoms with van der Waals surface area (Å²) in [6, 6.07) is 8.47. The predicted molar refractivity (Wildman–Crippen MR) is 95.8 cm³/mol. The Morgan fingerprint density at radius 3 is 2.36 bits per heavy atom. The van der Waals surface area contributed by atoms with Gasteiger partial charge in [0.15, 0.2) is 0 Å². The number of rotatable bonds is 6. The topological polar surface area (TPSA) is 73.2 Å². The summed E-state index contributed by atoms with van der Waals surface area (Å²) in [5, 5.41) is 7.20. The molecule has 2 aromatic rings. The van der Waals surface area contributed by atoms with Crippen LogP contribution in [-0.2, 0) is 9.53 Å². The first-order chi connectivity index (χ1) is 11.9. The van der Waals surface area contributed by atoms with Gasteiger partial charge in [-0.05, 0) is 50.1 Å². The van der Waals surface area contributed by atoms with Crippen LogP contribution in [0.25, 0.3) is 5.69 Å². The van der Waals surface area contributed by atoms with Crippen LogP contribution >= 0.6 is 0 Å². The van der Waals surface area contributed by atoms with E-state index in [1.807, 2.05) is 50.6 Å². The third kappa shape index (κ3) is 4.26. The fraction of sp³-hybridized carbons (Fsp3) is 0.421. The third-order valence-electron chi connectivity index (χ3n) is 4.34. The Bertz CT molecular complexity index is 750. The molecule has 25 heavy (non-hydrogen) atoms. The monoisotopic (exact) mass is 343 g/mol. The van der Waals surface area contributed by atoms with Crippen LogP contribution in [0.3, 0.4) is 0 Å². The van der Waals surface area contributed by atoms with Gasteiger partial charge in [-0.15, -0.1) is 0 Å². The molecule has 0 aliphatic carbocycles. The minimum atomic E-state index is -0.654. The van der Waals surface area contributed by atoms with Crippen molar-refractivity contribution in [1.29, 1.82) is 0 Å². The molecule has 0 saturated heterocycles. The van der Waals surface area contributed by atoms with Crippen LogP contribution in [0.15, 0.2) is 30.3 Å². The number of esters is 1. The lowest BCUT2D eigenvalue weighted by Gasteiger charge is -2.21. The molecule has 0 spiro atoms. The highest BCUT2D eigenvalue weighted by Gasteiger charge is 2.27. The van der Waals surface area contributed by atoms with Crippen molar-refractivity contribution in [3.63, 3.8) is 0 Å². The Morgan fingerprint density at radius 2 is 1.88 bits per heavy atom. The van der Waals surface area contributed by atoms with Gasteiger partial charge in [-0.1, -0.05) is 20.3 Å². The van der Waals surface area contributed by atoms with Crippen molar-refractivity contribution in [2.24, 2.45) is 5.92 Å². The zero-order valence-corrected chi connectivity index (χ0v) is 15.4. The summed E-state index contributed by atoms with van der Waals surface area (Å²) in [5.74, 6) is -0.733. The number of hydrogen-bond donors (Lipinski definition) is 1. The average molecular weight is 343 g/mol. The third-order valence-corrected chi connectivity index (χ3v) is 4.34. The van der Waals surface area contributed by atoms with E-state index < -0.39 is 12.0 Å². The molecule has 1 N–H and O–H groups in total. The minimum absolute atomic E-state index is 0.00891. The van der Waals surface area contributed by atoms with Gasteiger partial charge in [-0.2, -0.15) is 5.10 Å². The Morgan fingerprint density at radius 1 is 1.24 bits per heavy atom. The Labute approximate surface area is 148 Å². The van der Waals surface area contributed by atoms with E-state index >= 15 is 0 Å². The molecule has 2 unspecified atom stereocenters. The van der Waals surface area contributed by atoms with Gasteiger partial charge in [0.1, 0.15) is 6.04 Å². The van der Waals surface area contributed by atoms with Crippen LogP contribution in [0.1, 0.15) is 42.0 Å². The molecule has 2 atom stereocenters. The highest BCUT2D eigenvalue weighted by Crippen LogP contribution is 2.14. The summed E-state index contributed by atoms with van der Waals surface area (Å²) in [6.07, 6.45) is 0.761. The van der Waals surface area contributed by atoms with Crippen LogP contribution < -0.4 is 5.32 Å². The van der Waals surface area contributed by atoms with E-state index in [-0.39, 0.29) is 11.8 Å². The van der Waals surface area contributed by atoms with E-state index in [0.717, 1.165) is 23.5 Å². The molecule has 1 amide bonds. The first-order valence-electron chi connectivity index (χ1n) is 8.39. The van der Waals surface area contributed by atoms with Crippen molar-refractivity contribution in [2.45, 2.75) is 40.2 Å². The molecule has 6 nitrogen and oxygen atoms in total. The van der Waals surface area contributed by atoms with Crippen molar-refractivity contribution >= 4 is 11.9 Å². The van der Waals surface area contributed by atoms with Crippen LogP contribution in [0, 0.1) is 19.8 Å². The van der Waals surface area contributed by atoms with Crippen LogP contribution in [-0.4, -0.2) is 34.8 Å². The number of nitrogens with one attached hydrogen (secondary N) is 1. The zero-order valence-electron chi connectivity index (χ0n) is 15.4. The second-order valence-electron chi connectivity index (χ2n) is 6.25. The van der Waals surface area contributed by atoms with Crippen LogP contribution in [0.5, 0.6) is 0 Å². The van der Waals surface area contributed by atoms with Crippen molar-refractivity contribution in [1.82, 2.24) is 15.1 Å². The first-order valence-corrected chi connectivity index (χ1v) is 8.39. The van der Waals surface area contributed by atoms with E-state index in [1.165, 1.54) is 7.11 Å². The SMILES string of the molecule is CCC(C)C(NC(=O)c1ccc(-n2nc(C)cc2C)cc1)C(=O)OC. The molecule has 1 aromatic heterocycles. The smallest absolute Gasteiger partial charge is 0.328 e. The minimum Gasteiger partial charge on any atom is -0.467 e. The van der Waals surface area contributed by atoms with Gasteiger partial charge in [0.2, 0.25) is 0 Å². The number of benzene rings is 1. The van der Waals surface area contributed by atoms with E-state index in [9.17, 15) is 9.59 Å². The van der Waals surface area contributed by atoms with Gasteiger partial charge >= 0.3 is 5.97 Å². The van der Waals surface area contributed by atoms with Crippen molar-refractivity contribution < 1.29 is 14.3 Å². The van der Waals surface area contributed by atoms with E-state index in [4.69, 9.17) is 4.74 Å². The zero-order chi connectivity index (χ0) is 18.6. The molecule has 1 heterocycles. The molecule has 1 aromatic carbocycles. The van der Waals surface area contributed by atoms with Gasteiger partial charge in [0, 0.05) is 11.3 Å². The number of nitrogens with zero attached hydrogens (tertiary/aromatic N) is 2. The van der Waals surface area contributed by atoms with Crippen molar-refractivity contribution in [2.75, 3.05) is 7.11 Å². The molecule has 0 aliphatic rings. The Hall–Kier alpha value is -2.63. The molecular formula is C19H25N3O3. The molecule has 6 heteroatoms. The lowest BCUT2D eigenvalue weighted by molar-refractivity contribution is -0.144. The Balaban J connectivity index is 2.17. The van der Waals surface area contributed by atoms with Gasteiger partial charge in [-0.25, -0.2) is 9.48 Å². The second-order valence-corrected chi connectivity index (χ2v) is 6.25. The number of carbonyl (C=O) groups is 2. The van der Waals surface area contributed by atoms with Gasteiger partial charge in [0.25, 0.3) is 5.91 Å². The van der Waals surface area contributed by atoms with Gasteiger partial charge in [-0.3, -0.25) is 4.79 Å². The maximum atomic E-state index is 12.5. The lowest BCUT2D eigenvalue weighted by Crippen LogP contribution is -2.45. The number of aryl methyl sites for hydroxylation is 2. The fourth-order valence-electron chi connectivity index (χ4n) is 2.67. The maximum Gasteiger partial charge on any atom is 0.328 e. The van der Waals surface area contributed by atoms with Crippen molar-refractivity contribution in [3.8, 4) is 5.69 Å². The number of hydrogen-bond acceptors (Lipinski definition) is 4. The molecule has 0 saturated carbocycles. The van der Waals surface area contributed by atoms with E-state index in [0.29, 0.717) is 5.56 Å². The largest absolute Gasteiger partial charge is 0.467 e. The summed E-state index contributed by atoms with van der Waals surface area (Å²) >= 11 is 0. The highest BCUT2D eigenvalue weighted by atomic mass is 16.5. The Kier molecular flexibility index (Phi) is 5.96. The number of ether oxygens (including phenoxy) is 1. The van der Waals surface area contributed by atoms with Gasteiger partial charge in [0.05, 0.1) is 18.5 Å². The summed E-state index contributed by atoms with van der Waals surface area (Å²) in [4.78, 5) is 24.4. The van der Waals surface area contributed by atoms with E-state index in [1.54, 1.807) is 12.1 Å². The van der Waals surface area contributed by atoms with Gasteiger partial charge < -0.3 is 10.1 Å². The predicted octanol–water partition coefficient (Wildman–Crippen LogP) is 2.81. The molecule has 0 radical (unpaired) electrons. The average Bonchev–Trinajstić information content (AvgIpc) is 2.96. The lowest BCUT2D eigenvalue weighted by atomic mass is 9.99. The molecule has 134 valence electrons. The summed E-state index contributed by atoms with van der Waals surface area (Å²) < 4.78 is 6.63. The molecule has 0 aliphatic heterocycles.